The molecule has 3 heteroatoms. The number of nitrogens with one attached hydrogen (secondary N) is 1. The van der Waals surface area contributed by atoms with E-state index in [2.05, 4.69) is 4.98 Å². The second-order valence-corrected chi connectivity index (χ2v) is 1.86. The molecule has 0 unspecified atom stereocenters. The molecular weight excluding hydrogens is 142 g/mol. The Morgan fingerprint density at radius 1 is 1.45 bits per heavy atom. The van der Waals surface area contributed by atoms with E-state index < -0.39 is 5.97 Å². The van der Waals surface area contributed by atoms with Crippen LogP contribution in [0.2, 0.25) is 0 Å². The minimum Gasteiger partial charge on any atom is -0.477 e. The molecule has 0 aliphatic carbocycles. The third-order valence-electron chi connectivity index (χ3n) is 1.06. The largest absolute Gasteiger partial charge is 0.477 e. The van der Waals surface area contributed by atoms with Gasteiger partial charge in [-0.2, -0.15) is 0 Å². The highest BCUT2D eigenvalue weighted by molar-refractivity contribution is 5.85. The Bertz CT molecular complexity index is 228. The van der Waals surface area contributed by atoms with Crippen molar-refractivity contribution in [3.63, 3.8) is 0 Å². The Morgan fingerprint density at radius 3 is 2.18 bits per heavy atom. The fourth-order valence-electron chi connectivity index (χ4n) is 0.629. The number of hydrogen-bond acceptors (Lipinski definition) is 1. The first-order valence-electron chi connectivity index (χ1n) is 3.59. The fourth-order valence-corrected chi connectivity index (χ4v) is 0.629. The number of aromatic amines is 1. The lowest BCUT2D eigenvalue weighted by molar-refractivity contribution is 0.0691. The van der Waals surface area contributed by atoms with Gasteiger partial charge in [0.25, 0.3) is 0 Å². The SMILES string of the molecule is CC.Cc1ccc(C(=O)O)[nH]1. The van der Waals surface area contributed by atoms with Gasteiger partial charge in [-0.25, -0.2) is 4.79 Å². The van der Waals surface area contributed by atoms with E-state index in [1.807, 2.05) is 20.8 Å². The van der Waals surface area contributed by atoms with Crippen LogP contribution in [0, 0.1) is 6.92 Å². The van der Waals surface area contributed by atoms with Crippen LogP contribution >= 0.6 is 0 Å². The van der Waals surface area contributed by atoms with E-state index in [1.54, 1.807) is 6.07 Å². The van der Waals surface area contributed by atoms with Gasteiger partial charge in [0.2, 0.25) is 0 Å². The van der Waals surface area contributed by atoms with Gasteiger partial charge in [0.05, 0.1) is 0 Å². The Morgan fingerprint density at radius 2 is 2.00 bits per heavy atom. The van der Waals surface area contributed by atoms with Crippen molar-refractivity contribution in [2.24, 2.45) is 0 Å². The average molecular weight is 155 g/mol. The molecule has 1 aromatic heterocycles. The van der Waals surface area contributed by atoms with Crippen LogP contribution in [0.4, 0.5) is 0 Å². The summed E-state index contributed by atoms with van der Waals surface area (Å²) in [5.74, 6) is -0.914. The summed E-state index contributed by atoms with van der Waals surface area (Å²) in [7, 11) is 0. The average Bonchev–Trinajstić information content (AvgIpc) is 2.40. The summed E-state index contributed by atoms with van der Waals surface area (Å²) in [5, 5.41) is 8.37. The molecule has 0 bridgehead atoms. The summed E-state index contributed by atoms with van der Waals surface area (Å²) in [6.45, 7) is 5.81. The molecule has 0 aliphatic rings. The van der Waals surface area contributed by atoms with Crippen molar-refractivity contribution in [2.45, 2.75) is 20.8 Å². The van der Waals surface area contributed by atoms with Gasteiger partial charge in [-0.15, -0.1) is 0 Å². The normalized spacial score (nSPS) is 8.27. The molecule has 0 saturated carbocycles. The molecule has 0 aliphatic heterocycles. The summed E-state index contributed by atoms with van der Waals surface area (Å²) in [6.07, 6.45) is 0. The van der Waals surface area contributed by atoms with E-state index in [-0.39, 0.29) is 5.69 Å². The molecular formula is C8H13NO2. The van der Waals surface area contributed by atoms with Crippen LogP contribution in [0.25, 0.3) is 0 Å². The number of aromatic carboxylic acids is 1. The maximum absolute atomic E-state index is 10.2. The summed E-state index contributed by atoms with van der Waals surface area (Å²) in [5.41, 5.74) is 1.11. The Kier molecular flexibility index (Phi) is 4.03. The third-order valence-corrected chi connectivity index (χ3v) is 1.06. The topological polar surface area (TPSA) is 53.1 Å². The van der Waals surface area contributed by atoms with Gasteiger partial charge >= 0.3 is 5.97 Å². The van der Waals surface area contributed by atoms with Crippen molar-refractivity contribution >= 4 is 5.97 Å². The van der Waals surface area contributed by atoms with Crippen LogP contribution in [-0.2, 0) is 0 Å². The summed E-state index contributed by atoms with van der Waals surface area (Å²) in [4.78, 5) is 12.9. The highest BCUT2D eigenvalue weighted by Gasteiger charge is 2.01. The van der Waals surface area contributed by atoms with E-state index in [4.69, 9.17) is 5.11 Å². The van der Waals surface area contributed by atoms with E-state index in [0.29, 0.717) is 0 Å². The van der Waals surface area contributed by atoms with Crippen LogP contribution in [0.1, 0.15) is 30.0 Å². The van der Waals surface area contributed by atoms with Gasteiger partial charge in [0.1, 0.15) is 5.69 Å². The molecule has 2 N–H and O–H groups in total. The molecule has 1 heterocycles. The van der Waals surface area contributed by atoms with Crippen molar-refractivity contribution in [1.82, 2.24) is 4.98 Å². The Balaban J connectivity index is 0.000000461. The molecule has 0 fully saturated rings. The first-order chi connectivity index (χ1) is 5.20. The second kappa shape index (κ2) is 4.55. The molecule has 62 valence electrons. The van der Waals surface area contributed by atoms with Gasteiger partial charge in [-0.05, 0) is 19.1 Å². The lowest BCUT2D eigenvalue weighted by atomic mass is 10.4. The van der Waals surface area contributed by atoms with Crippen LogP contribution in [-0.4, -0.2) is 16.1 Å². The number of hydrogen-bond donors (Lipinski definition) is 2. The Hall–Kier alpha value is -1.25. The molecule has 1 aromatic rings. The maximum atomic E-state index is 10.2. The van der Waals surface area contributed by atoms with E-state index in [0.717, 1.165) is 5.69 Å². The van der Waals surface area contributed by atoms with Gasteiger partial charge in [-0.1, -0.05) is 13.8 Å². The monoisotopic (exact) mass is 155 g/mol. The predicted octanol–water partition coefficient (Wildman–Crippen LogP) is 2.05. The first-order valence-corrected chi connectivity index (χ1v) is 3.59. The quantitative estimate of drug-likeness (QED) is 0.652. The molecule has 0 atom stereocenters. The van der Waals surface area contributed by atoms with Crippen molar-refractivity contribution in [3.8, 4) is 0 Å². The minimum atomic E-state index is -0.914. The van der Waals surface area contributed by atoms with Crippen molar-refractivity contribution in [1.29, 1.82) is 0 Å². The summed E-state index contributed by atoms with van der Waals surface area (Å²) in [6, 6.07) is 3.26. The summed E-state index contributed by atoms with van der Waals surface area (Å²) >= 11 is 0. The number of carbonyl (C=O) groups is 1. The molecule has 0 aromatic carbocycles. The number of carboxylic acid groups (broad SMARTS) is 1. The van der Waals surface area contributed by atoms with Gasteiger partial charge in [0, 0.05) is 5.69 Å². The molecule has 0 radical (unpaired) electrons. The lowest BCUT2D eigenvalue weighted by Crippen LogP contribution is -1.95. The van der Waals surface area contributed by atoms with Gasteiger partial charge in [-0.3, -0.25) is 0 Å². The van der Waals surface area contributed by atoms with Crippen molar-refractivity contribution in [3.05, 3.63) is 23.5 Å². The number of carboxylic acids is 1. The fraction of sp³-hybridized carbons (Fsp3) is 0.375. The van der Waals surface area contributed by atoms with E-state index in [9.17, 15) is 4.79 Å². The molecule has 0 spiro atoms. The van der Waals surface area contributed by atoms with Crippen LogP contribution < -0.4 is 0 Å². The van der Waals surface area contributed by atoms with Crippen LogP contribution in [0.3, 0.4) is 0 Å². The zero-order chi connectivity index (χ0) is 8.85. The molecule has 3 nitrogen and oxygen atoms in total. The molecule has 11 heavy (non-hydrogen) atoms. The number of aromatic nitrogens is 1. The number of rotatable bonds is 1. The smallest absolute Gasteiger partial charge is 0.352 e. The number of aryl methyl sites for hydroxylation is 1. The van der Waals surface area contributed by atoms with Crippen molar-refractivity contribution < 1.29 is 9.90 Å². The molecule has 1 rings (SSSR count). The maximum Gasteiger partial charge on any atom is 0.352 e. The van der Waals surface area contributed by atoms with E-state index in [1.165, 1.54) is 6.07 Å². The Labute approximate surface area is 66.1 Å². The van der Waals surface area contributed by atoms with E-state index >= 15 is 0 Å². The first kappa shape index (κ1) is 9.75. The zero-order valence-electron chi connectivity index (χ0n) is 7.01. The van der Waals surface area contributed by atoms with Crippen molar-refractivity contribution in [2.75, 3.05) is 0 Å². The third kappa shape index (κ3) is 2.89. The van der Waals surface area contributed by atoms with Crippen LogP contribution in [0.15, 0.2) is 12.1 Å². The standard InChI is InChI=1S/C6H7NO2.C2H6/c1-4-2-3-5(7-4)6(8)9;1-2/h2-3,7H,1H3,(H,8,9);1-2H3. The predicted molar refractivity (Wildman–Crippen MR) is 43.8 cm³/mol. The summed E-state index contributed by atoms with van der Waals surface area (Å²) < 4.78 is 0. The highest BCUT2D eigenvalue weighted by atomic mass is 16.4. The lowest BCUT2D eigenvalue weighted by Gasteiger charge is -1.83. The van der Waals surface area contributed by atoms with Gasteiger partial charge < -0.3 is 10.1 Å². The minimum absolute atomic E-state index is 0.243. The van der Waals surface area contributed by atoms with Crippen LogP contribution in [0.5, 0.6) is 0 Å². The molecule has 0 amide bonds. The zero-order valence-corrected chi connectivity index (χ0v) is 7.01. The highest BCUT2D eigenvalue weighted by Crippen LogP contribution is 1.98. The molecule has 0 saturated heterocycles. The van der Waals surface area contributed by atoms with Gasteiger partial charge in [0.15, 0.2) is 0 Å². The second-order valence-electron chi connectivity index (χ2n) is 1.86. The number of H-pyrrole nitrogens is 1.